The van der Waals surface area contributed by atoms with Crippen molar-refractivity contribution >= 4 is 12.0 Å². The van der Waals surface area contributed by atoms with Crippen LogP contribution in [-0.4, -0.2) is 59.1 Å². The minimum atomic E-state index is -0.174. The van der Waals surface area contributed by atoms with E-state index in [1.54, 1.807) is 6.08 Å². The maximum Gasteiger partial charge on any atom is 0.253 e. The quantitative estimate of drug-likeness (QED) is 0.931. The first-order valence-electron chi connectivity index (χ1n) is 8.61. The van der Waals surface area contributed by atoms with Crippen LogP contribution >= 0.6 is 0 Å². The van der Waals surface area contributed by atoms with E-state index in [9.17, 15) is 9.90 Å². The SMILES string of the molecule is C=Cc1ccc(C(=O)N2CCC(N3CCCC(O)C3)CC2)cc1. The summed E-state index contributed by atoms with van der Waals surface area (Å²) in [6.07, 6.45) is 5.62. The Labute approximate surface area is 138 Å². The van der Waals surface area contributed by atoms with Crippen molar-refractivity contribution in [3.05, 3.63) is 42.0 Å². The number of piperidine rings is 2. The van der Waals surface area contributed by atoms with Crippen LogP contribution in [0.2, 0.25) is 0 Å². The van der Waals surface area contributed by atoms with Gasteiger partial charge in [-0.15, -0.1) is 0 Å². The van der Waals surface area contributed by atoms with Crippen LogP contribution in [0.3, 0.4) is 0 Å². The van der Waals surface area contributed by atoms with Crippen LogP contribution in [-0.2, 0) is 0 Å². The summed E-state index contributed by atoms with van der Waals surface area (Å²) in [5.41, 5.74) is 1.78. The van der Waals surface area contributed by atoms with E-state index in [2.05, 4.69) is 11.5 Å². The Morgan fingerprint density at radius 1 is 1.13 bits per heavy atom. The molecule has 0 bridgehead atoms. The molecule has 1 amide bonds. The normalized spacial score (nSPS) is 23.7. The molecule has 124 valence electrons. The lowest BCUT2D eigenvalue weighted by molar-refractivity contribution is 0.0241. The Morgan fingerprint density at radius 2 is 1.83 bits per heavy atom. The van der Waals surface area contributed by atoms with Crippen molar-refractivity contribution in [3.8, 4) is 0 Å². The summed E-state index contributed by atoms with van der Waals surface area (Å²) >= 11 is 0. The molecular weight excluding hydrogens is 288 g/mol. The second-order valence-electron chi connectivity index (χ2n) is 6.64. The Kier molecular flexibility index (Phi) is 5.13. The lowest BCUT2D eigenvalue weighted by Crippen LogP contribution is -2.50. The Bertz CT molecular complexity index is 547. The monoisotopic (exact) mass is 314 g/mol. The molecular formula is C19H26N2O2. The van der Waals surface area contributed by atoms with Crippen LogP contribution in [0.5, 0.6) is 0 Å². The van der Waals surface area contributed by atoms with Crippen molar-refractivity contribution in [2.75, 3.05) is 26.2 Å². The average molecular weight is 314 g/mol. The molecule has 2 fully saturated rings. The fraction of sp³-hybridized carbons (Fsp3) is 0.526. The number of β-amino-alcohol motifs (C(OH)–C–C–N with tert-alkyl or cyclic N) is 1. The van der Waals surface area contributed by atoms with Gasteiger partial charge in [0, 0.05) is 31.2 Å². The van der Waals surface area contributed by atoms with Crippen molar-refractivity contribution in [3.63, 3.8) is 0 Å². The van der Waals surface area contributed by atoms with Gasteiger partial charge in [0.25, 0.3) is 5.91 Å². The van der Waals surface area contributed by atoms with E-state index in [0.717, 1.165) is 63.0 Å². The number of carbonyl (C=O) groups is 1. The van der Waals surface area contributed by atoms with Gasteiger partial charge in [-0.3, -0.25) is 9.69 Å². The van der Waals surface area contributed by atoms with Crippen LogP contribution in [0.25, 0.3) is 6.08 Å². The zero-order valence-corrected chi connectivity index (χ0v) is 13.7. The highest BCUT2D eigenvalue weighted by Crippen LogP contribution is 2.22. The predicted octanol–water partition coefficient (Wildman–Crippen LogP) is 2.39. The second-order valence-corrected chi connectivity index (χ2v) is 6.64. The third-order valence-electron chi connectivity index (χ3n) is 5.09. The van der Waals surface area contributed by atoms with Crippen molar-refractivity contribution in [2.24, 2.45) is 0 Å². The molecule has 1 atom stereocenters. The largest absolute Gasteiger partial charge is 0.392 e. The number of hydrogen-bond donors (Lipinski definition) is 1. The number of aliphatic hydroxyl groups excluding tert-OH is 1. The van der Waals surface area contributed by atoms with E-state index < -0.39 is 0 Å². The molecule has 0 spiro atoms. The van der Waals surface area contributed by atoms with Gasteiger partial charge in [-0.05, 0) is 49.9 Å². The van der Waals surface area contributed by atoms with Gasteiger partial charge >= 0.3 is 0 Å². The maximum absolute atomic E-state index is 12.6. The lowest BCUT2D eigenvalue weighted by atomic mass is 9.98. The van der Waals surface area contributed by atoms with Crippen molar-refractivity contribution in [1.29, 1.82) is 0 Å². The molecule has 2 aliphatic heterocycles. The number of rotatable bonds is 3. The molecule has 3 rings (SSSR count). The summed E-state index contributed by atoms with van der Waals surface area (Å²) in [5.74, 6) is 0.123. The molecule has 0 radical (unpaired) electrons. The first-order valence-corrected chi connectivity index (χ1v) is 8.61. The first-order chi connectivity index (χ1) is 11.2. The highest BCUT2D eigenvalue weighted by Gasteiger charge is 2.29. The standard InChI is InChI=1S/C19H26N2O2/c1-2-15-5-7-16(8-6-15)19(23)20-12-9-17(10-13-20)21-11-3-4-18(22)14-21/h2,5-8,17-18,22H,1,3-4,9-14H2. The minimum absolute atomic E-state index is 0.123. The molecule has 4 heteroatoms. The van der Waals surface area contributed by atoms with Crippen LogP contribution in [0.1, 0.15) is 41.6 Å². The summed E-state index contributed by atoms with van der Waals surface area (Å²) in [5, 5.41) is 9.83. The smallest absolute Gasteiger partial charge is 0.253 e. The third kappa shape index (κ3) is 3.82. The zero-order chi connectivity index (χ0) is 16.2. The van der Waals surface area contributed by atoms with Gasteiger partial charge in [-0.25, -0.2) is 0 Å². The molecule has 0 aliphatic carbocycles. The Balaban J connectivity index is 1.55. The molecule has 1 N–H and O–H groups in total. The summed E-state index contributed by atoms with van der Waals surface area (Å²) in [6, 6.07) is 8.14. The Hall–Kier alpha value is -1.65. The molecule has 1 unspecified atom stereocenters. The van der Waals surface area contributed by atoms with Crippen molar-refractivity contribution in [1.82, 2.24) is 9.80 Å². The molecule has 1 aromatic rings. The average Bonchev–Trinajstić information content (AvgIpc) is 2.61. The van der Waals surface area contributed by atoms with Gasteiger partial charge in [0.2, 0.25) is 0 Å². The van der Waals surface area contributed by atoms with E-state index in [4.69, 9.17) is 0 Å². The zero-order valence-electron chi connectivity index (χ0n) is 13.7. The van der Waals surface area contributed by atoms with Gasteiger partial charge < -0.3 is 10.0 Å². The molecule has 0 saturated carbocycles. The van der Waals surface area contributed by atoms with Gasteiger partial charge in [-0.2, -0.15) is 0 Å². The number of nitrogens with zero attached hydrogens (tertiary/aromatic N) is 2. The summed E-state index contributed by atoms with van der Waals surface area (Å²) in [7, 11) is 0. The topological polar surface area (TPSA) is 43.8 Å². The third-order valence-corrected chi connectivity index (χ3v) is 5.09. The van der Waals surface area contributed by atoms with Gasteiger partial charge in [0.15, 0.2) is 0 Å². The molecule has 2 aliphatic rings. The lowest BCUT2D eigenvalue weighted by Gasteiger charge is -2.41. The first kappa shape index (κ1) is 16.2. The number of hydrogen-bond acceptors (Lipinski definition) is 3. The van der Waals surface area contributed by atoms with Crippen LogP contribution in [0, 0.1) is 0 Å². The molecule has 0 aromatic heterocycles. The highest BCUT2D eigenvalue weighted by molar-refractivity contribution is 5.94. The number of aliphatic hydroxyl groups is 1. The minimum Gasteiger partial charge on any atom is -0.392 e. The molecule has 2 heterocycles. The predicted molar refractivity (Wildman–Crippen MR) is 92.3 cm³/mol. The van der Waals surface area contributed by atoms with E-state index in [0.29, 0.717) is 6.04 Å². The highest BCUT2D eigenvalue weighted by atomic mass is 16.3. The van der Waals surface area contributed by atoms with E-state index in [1.807, 2.05) is 29.2 Å². The van der Waals surface area contributed by atoms with Gasteiger partial charge in [-0.1, -0.05) is 24.8 Å². The summed E-state index contributed by atoms with van der Waals surface area (Å²) in [4.78, 5) is 17.0. The summed E-state index contributed by atoms with van der Waals surface area (Å²) < 4.78 is 0. The van der Waals surface area contributed by atoms with E-state index in [1.165, 1.54) is 0 Å². The van der Waals surface area contributed by atoms with Gasteiger partial charge in [0.05, 0.1) is 6.10 Å². The molecule has 4 nitrogen and oxygen atoms in total. The maximum atomic E-state index is 12.6. The van der Waals surface area contributed by atoms with Gasteiger partial charge in [0.1, 0.15) is 0 Å². The summed E-state index contributed by atoms with van der Waals surface area (Å²) in [6.45, 7) is 7.22. The number of amides is 1. The number of carbonyl (C=O) groups excluding carboxylic acids is 1. The fourth-order valence-corrected chi connectivity index (χ4v) is 3.69. The second kappa shape index (κ2) is 7.28. The fourth-order valence-electron chi connectivity index (χ4n) is 3.69. The van der Waals surface area contributed by atoms with Crippen molar-refractivity contribution in [2.45, 2.75) is 37.8 Å². The van der Waals surface area contributed by atoms with Crippen LogP contribution in [0.4, 0.5) is 0 Å². The van der Waals surface area contributed by atoms with E-state index >= 15 is 0 Å². The Morgan fingerprint density at radius 3 is 2.43 bits per heavy atom. The number of likely N-dealkylation sites (tertiary alicyclic amines) is 2. The number of benzene rings is 1. The molecule has 1 aromatic carbocycles. The van der Waals surface area contributed by atoms with Crippen LogP contribution in [0.15, 0.2) is 30.8 Å². The molecule has 2 saturated heterocycles. The van der Waals surface area contributed by atoms with Crippen LogP contribution < -0.4 is 0 Å². The van der Waals surface area contributed by atoms with E-state index in [-0.39, 0.29) is 12.0 Å². The molecule has 23 heavy (non-hydrogen) atoms. The van der Waals surface area contributed by atoms with Crippen molar-refractivity contribution < 1.29 is 9.90 Å².